The van der Waals surface area contributed by atoms with Gasteiger partial charge in [-0.25, -0.2) is 0 Å². The Morgan fingerprint density at radius 2 is 1.76 bits per heavy atom. The third-order valence-corrected chi connectivity index (χ3v) is 6.20. The number of piperidine rings is 1. The first-order chi connectivity index (χ1) is 10.2. The third-order valence-electron chi connectivity index (χ3n) is 6.20. The Kier molecular flexibility index (Phi) is 5.58. The molecule has 1 saturated carbocycles. The normalized spacial score (nSPS) is 39.7. The number of nitrogens with one attached hydrogen (secondary N) is 1. The topological polar surface area (TPSA) is 24.5 Å². The summed E-state index contributed by atoms with van der Waals surface area (Å²) in [6.45, 7) is 10.7. The van der Waals surface area contributed by atoms with Crippen molar-refractivity contribution >= 4 is 0 Å². The zero-order valence-corrected chi connectivity index (χ0v) is 14.0. The molecule has 0 aromatic heterocycles. The summed E-state index contributed by atoms with van der Waals surface area (Å²) >= 11 is 0. The van der Waals surface area contributed by atoms with Gasteiger partial charge >= 0.3 is 0 Å². The van der Waals surface area contributed by atoms with Crippen molar-refractivity contribution in [1.29, 1.82) is 0 Å². The molecule has 1 N–H and O–H groups in total. The Morgan fingerprint density at radius 3 is 2.43 bits per heavy atom. The van der Waals surface area contributed by atoms with Gasteiger partial charge in [0.2, 0.25) is 0 Å². The average Bonchev–Trinajstić information content (AvgIpc) is 2.98. The van der Waals surface area contributed by atoms with E-state index >= 15 is 0 Å². The summed E-state index contributed by atoms with van der Waals surface area (Å²) in [4.78, 5) is 2.67. The standard InChI is InChI=1S/C18H34N2O/c1-14-3-4-18(11-15(14)2)19-17-5-8-20(9-6-17)12-16-7-10-21-13-16/h14-19H,3-13H2,1-2H3/t14-,15-,16-,18+/m1/s1. The molecule has 122 valence electrons. The highest BCUT2D eigenvalue weighted by atomic mass is 16.5. The van der Waals surface area contributed by atoms with E-state index in [4.69, 9.17) is 4.74 Å². The van der Waals surface area contributed by atoms with Gasteiger partial charge in [-0.3, -0.25) is 0 Å². The fraction of sp³-hybridized carbons (Fsp3) is 1.00. The monoisotopic (exact) mass is 294 g/mol. The molecule has 1 aliphatic carbocycles. The first-order valence-corrected chi connectivity index (χ1v) is 9.27. The molecule has 3 heteroatoms. The number of rotatable bonds is 4. The van der Waals surface area contributed by atoms with Gasteiger partial charge in [0.1, 0.15) is 0 Å². The van der Waals surface area contributed by atoms with Crippen LogP contribution in [0.3, 0.4) is 0 Å². The molecule has 2 aliphatic heterocycles. The smallest absolute Gasteiger partial charge is 0.0507 e. The fourth-order valence-corrected chi connectivity index (χ4v) is 4.41. The van der Waals surface area contributed by atoms with Gasteiger partial charge in [-0.1, -0.05) is 13.8 Å². The van der Waals surface area contributed by atoms with Crippen LogP contribution in [0, 0.1) is 17.8 Å². The molecule has 21 heavy (non-hydrogen) atoms. The minimum absolute atomic E-state index is 0.770. The molecule has 0 bridgehead atoms. The maximum Gasteiger partial charge on any atom is 0.0507 e. The van der Waals surface area contributed by atoms with Crippen LogP contribution in [0.5, 0.6) is 0 Å². The van der Waals surface area contributed by atoms with Gasteiger partial charge in [-0.05, 0) is 69.4 Å². The Hall–Kier alpha value is -0.120. The minimum atomic E-state index is 0.770. The lowest BCUT2D eigenvalue weighted by Gasteiger charge is -2.38. The summed E-state index contributed by atoms with van der Waals surface area (Å²) in [7, 11) is 0. The van der Waals surface area contributed by atoms with Crippen LogP contribution in [-0.4, -0.2) is 49.8 Å². The molecule has 0 aromatic rings. The summed E-state index contributed by atoms with van der Waals surface area (Å²) in [5.41, 5.74) is 0. The summed E-state index contributed by atoms with van der Waals surface area (Å²) < 4.78 is 5.50. The zero-order valence-electron chi connectivity index (χ0n) is 14.0. The van der Waals surface area contributed by atoms with Crippen molar-refractivity contribution in [1.82, 2.24) is 10.2 Å². The quantitative estimate of drug-likeness (QED) is 0.863. The van der Waals surface area contributed by atoms with Crippen LogP contribution in [0.2, 0.25) is 0 Å². The molecule has 0 radical (unpaired) electrons. The highest BCUT2D eigenvalue weighted by Gasteiger charge is 2.28. The van der Waals surface area contributed by atoms with E-state index in [0.29, 0.717) is 0 Å². The second kappa shape index (κ2) is 7.43. The van der Waals surface area contributed by atoms with Crippen LogP contribution in [0.15, 0.2) is 0 Å². The number of hydrogen-bond donors (Lipinski definition) is 1. The Balaban J connectivity index is 1.35. The lowest BCUT2D eigenvalue weighted by molar-refractivity contribution is 0.137. The summed E-state index contributed by atoms with van der Waals surface area (Å²) in [5.74, 6) is 2.63. The van der Waals surface area contributed by atoms with E-state index in [1.54, 1.807) is 0 Å². The van der Waals surface area contributed by atoms with E-state index in [-0.39, 0.29) is 0 Å². The lowest BCUT2D eigenvalue weighted by atomic mass is 9.79. The molecular formula is C18H34N2O. The van der Waals surface area contributed by atoms with Gasteiger partial charge in [0, 0.05) is 25.2 Å². The Labute approximate surface area is 130 Å². The van der Waals surface area contributed by atoms with Gasteiger partial charge in [0.05, 0.1) is 6.61 Å². The van der Waals surface area contributed by atoms with Crippen LogP contribution >= 0.6 is 0 Å². The second-order valence-corrected chi connectivity index (χ2v) is 7.94. The van der Waals surface area contributed by atoms with Crippen molar-refractivity contribution in [2.75, 3.05) is 32.8 Å². The van der Waals surface area contributed by atoms with Crippen LogP contribution in [-0.2, 0) is 4.74 Å². The van der Waals surface area contributed by atoms with E-state index in [1.165, 1.54) is 58.2 Å². The zero-order chi connectivity index (χ0) is 14.7. The minimum Gasteiger partial charge on any atom is -0.381 e. The maximum atomic E-state index is 5.50. The first-order valence-electron chi connectivity index (χ1n) is 9.27. The highest BCUT2D eigenvalue weighted by Crippen LogP contribution is 2.30. The molecule has 3 fully saturated rings. The van der Waals surface area contributed by atoms with E-state index < -0.39 is 0 Å². The fourth-order valence-electron chi connectivity index (χ4n) is 4.41. The molecule has 0 spiro atoms. The van der Waals surface area contributed by atoms with Gasteiger partial charge in [-0.2, -0.15) is 0 Å². The number of likely N-dealkylation sites (tertiary alicyclic amines) is 1. The molecule has 3 rings (SSSR count). The van der Waals surface area contributed by atoms with Gasteiger partial charge in [-0.15, -0.1) is 0 Å². The van der Waals surface area contributed by atoms with Crippen LogP contribution < -0.4 is 5.32 Å². The number of hydrogen-bond acceptors (Lipinski definition) is 3. The van der Waals surface area contributed by atoms with Crippen molar-refractivity contribution in [2.24, 2.45) is 17.8 Å². The van der Waals surface area contributed by atoms with Crippen molar-refractivity contribution in [3.63, 3.8) is 0 Å². The predicted octanol–water partition coefficient (Wildman–Crippen LogP) is 2.90. The molecule has 2 heterocycles. The van der Waals surface area contributed by atoms with E-state index in [0.717, 1.165) is 43.1 Å². The first kappa shape index (κ1) is 15.8. The number of ether oxygens (including phenoxy) is 1. The Morgan fingerprint density at radius 1 is 0.952 bits per heavy atom. The molecule has 0 amide bonds. The van der Waals surface area contributed by atoms with Gasteiger partial charge in [0.15, 0.2) is 0 Å². The van der Waals surface area contributed by atoms with Crippen LogP contribution in [0.1, 0.15) is 52.4 Å². The Bertz CT molecular complexity index is 308. The summed E-state index contributed by atoms with van der Waals surface area (Å²) in [5, 5.41) is 3.97. The van der Waals surface area contributed by atoms with Crippen molar-refractivity contribution in [2.45, 2.75) is 64.5 Å². The lowest BCUT2D eigenvalue weighted by Crippen LogP contribution is -2.48. The van der Waals surface area contributed by atoms with Crippen molar-refractivity contribution in [3.05, 3.63) is 0 Å². The average molecular weight is 294 g/mol. The van der Waals surface area contributed by atoms with Gasteiger partial charge in [0.25, 0.3) is 0 Å². The molecule has 0 aromatic carbocycles. The van der Waals surface area contributed by atoms with E-state index in [9.17, 15) is 0 Å². The SMILES string of the molecule is C[C@@H]1CC[C@H](NC2CCN(C[C@H]3CCOC3)CC2)C[C@H]1C. The maximum absolute atomic E-state index is 5.50. The van der Waals surface area contributed by atoms with E-state index in [2.05, 4.69) is 24.1 Å². The van der Waals surface area contributed by atoms with Crippen LogP contribution in [0.25, 0.3) is 0 Å². The second-order valence-electron chi connectivity index (χ2n) is 7.94. The van der Waals surface area contributed by atoms with Crippen molar-refractivity contribution in [3.8, 4) is 0 Å². The van der Waals surface area contributed by atoms with E-state index in [1.807, 2.05) is 0 Å². The largest absolute Gasteiger partial charge is 0.381 e. The summed E-state index contributed by atoms with van der Waals surface area (Å²) in [6, 6.07) is 1.56. The molecular weight excluding hydrogens is 260 g/mol. The molecule has 3 aliphatic rings. The van der Waals surface area contributed by atoms with Crippen LogP contribution in [0.4, 0.5) is 0 Å². The third kappa shape index (κ3) is 4.43. The summed E-state index contributed by atoms with van der Waals surface area (Å²) in [6.07, 6.45) is 8.16. The molecule has 0 unspecified atom stereocenters. The van der Waals surface area contributed by atoms with Gasteiger partial charge < -0.3 is 15.0 Å². The van der Waals surface area contributed by atoms with Crippen molar-refractivity contribution < 1.29 is 4.74 Å². The number of nitrogens with zero attached hydrogens (tertiary/aromatic N) is 1. The highest BCUT2D eigenvalue weighted by molar-refractivity contribution is 4.85. The predicted molar refractivity (Wildman–Crippen MR) is 87.5 cm³/mol. The molecule has 2 saturated heterocycles. The molecule has 3 nitrogen and oxygen atoms in total. The molecule has 4 atom stereocenters.